The maximum atomic E-state index is 12.8. The summed E-state index contributed by atoms with van der Waals surface area (Å²) >= 11 is 0. The molecule has 0 unspecified atom stereocenters. The van der Waals surface area contributed by atoms with E-state index < -0.39 is 0 Å². The quantitative estimate of drug-likeness (QED) is 0.699. The zero-order valence-electron chi connectivity index (χ0n) is 18.7. The number of anilines is 1. The molecule has 0 N–H and O–H groups in total. The largest absolute Gasteiger partial charge is 0.494 e. The van der Waals surface area contributed by atoms with E-state index in [0.717, 1.165) is 36.5 Å². The molecule has 0 radical (unpaired) electrons. The van der Waals surface area contributed by atoms with E-state index in [1.54, 1.807) is 0 Å². The van der Waals surface area contributed by atoms with E-state index in [1.807, 2.05) is 36.1 Å². The number of hydrogen-bond acceptors (Lipinski definition) is 7. The van der Waals surface area contributed by atoms with Crippen molar-refractivity contribution in [2.24, 2.45) is 0 Å². The Morgan fingerprint density at radius 3 is 2.58 bits per heavy atom. The van der Waals surface area contributed by atoms with Crippen LogP contribution in [0.15, 0.2) is 28.8 Å². The molecule has 2 saturated heterocycles. The van der Waals surface area contributed by atoms with Crippen molar-refractivity contribution >= 4 is 11.9 Å². The zero-order chi connectivity index (χ0) is 21.8. The lowest BCUT2D eigenvalue weighted by Gasteiger charge is -2.46. The van der Waals surface area contributed by atoms with Crippen LogP contribution in [0.2, 0.25) is 0 Å². The van der Waals surface area contributed by atoms with Crippen LogP contribution in [0.3, 0.4) is 0 Å². The molecule has 0 aliphatic carbocycles. The fraction of sp³-hybridized carbons (Fsp3) is 0.609. The molecule has 1 spiro atoms. The summed E-state index contributed by atoms with van der Waals surface area (Å²) in [6.07, 6.45) is 2.03. The Balaban J connectivity index is 1.32. The van der Waals surface area contributed by atoms with Crippen LogP contribution in [0.1, 0.15) is 50.9 Å². The standard InChI is InChI=1S/C23H32N4O4/c1-4-29-19-7-5-18(6-8-19)15-20(28)26-11-9-23(10-12-26)16-27(13-14-30-23)22-24-21(17(2)3)25-31-22/h5-8,17H,4,9-16H2,1-3H3. The highest BCUT2D eigenvalue weighted by Crippen LogP contribution is 2.32. The lowest BCUT2D eigenvalue weighted by molar-refractivity contribution is -0.138. The molecule has 2 fully saturated rings. The van der Waals surface area contributed by atoms with E-state index in [0.29, 0.717) is 45.3 Å². The number of nitrogens with zero attached hydrogens (tertiary/aromatic N) is 4. The van der Waals surface area contributed by atoms with Crippen LogP contribution < -0.4 is 9.64 Å². The van der Waals surface area contributed by atoms with Crippen LogP contribution in [0.4, 0.5) is 6.01 Å². The van der Waals surface area contributed by atoms with Crippen molar-refractivity contribution in [3.05, 3.63) is 35.7 Å². The number of hydrogen-bond donors (Lipinski definition) is 0. The van der Waals surface area contributed by atoms with Gasteiger partial charge in [-0.05, 0) is 37.5 Å². The fourth-order valence-corrected chi connectivity index (χ4v) is 4.22. The van der Waals surface area contributed by atoms with Gasteiger partial charge in [0.2, 0.25) is 5.91 Å². The summed E-state index contributed by atoms with van der Waals surface area (Å²) in [5, 5.41) is 4.09. The normalized spacial score (nSPS) is 18.6. The van der Waals surface area contributed by atoms with Crippen LogP contribution in [0.5, 0.6) is 5.75 Å². The molecule has 3 heterocycles. The van der Waals surface area contributed by atoms with E-state index in [9.17, 15) is 4.79 Å². The van der Waals surface area contributed by atoms with Gasteiger partial charge in [0.05, 0.1) is 31.8 Å². The predicted molar refractivity (Wildman–Crippen MR) is 116 cm³/mol. The maximum Gasteiger partial charge on any atom is 0.324 e. The van der Waals surface area contributed by atoms with E-state index >= 15 is 0 Å². The topological polar surface area (TPSA) is 80.9 Å². The smallest absolute Gasteiger partial charge is 0.324 e. The zero-order valence-corrected chi connectivity index (χ0v) is 18.7. The molecule has 1 aromatic heterocycles. The Kier molecular flexibility index (Phi) is 6.46. The highest BCUT2D eigenvalue weighted by Gasteiger charge is 2.41. The van der Waals surface area contributed by atoms with Gasteiger partial charge >= 0.3 is 6.01 Å². The lowest BCUT2D eigenvalue weighted by Crippen LogP contribution is -2.57. The van der Waals surface area contributed by atoms with E-state index in [4.69, 9.17) is 14.0 Å². The highest BCUT2D eigenvalue weighted by molar-refractivity contribution is 5.79. The van der Waals surface area contributed by atoms with Crippen molar-refractivity contribution in [1.82, 2.24) is 15.0 Å². The maximum absolute atomic E-state index is 12.8. The van der Waals surface area contributed by atoms with Gasteiger partial charge in [0.15, 0.2) is 5.82 Å². The minimum atomic E-state index is -0.263. The van der Waals surface area contributed by atoms with Crippen LogP contribution in [-0.4, -0.2) is 65.9 Å². The number of piperidine rings is 1. The molecule has 2 aromatic rings. The van der Waals surface area contributed by atoms with Crippen molar-refractivity contribution in [1.29, 1.82) is 0 Å². The Morgan fingerprint density at radius 2 is 1.94 bits per heavy atom. The van der Waals surface area contributed by atoms with Crippen molar-refractivity contribution in [3.8, 4) is 5.75 Å². The molecule has 8 heteroatoms. The Bertz CT molecular complexity index is 872. The van der Waals surface area contributed by atoms with Crippen LogP contribution in [-0.2, 0) is 16.0 Å². The molecule has 1 aromatic carbocycles. The lowest BCUT2D eigenvalue weighted by atomic mass is 9.89. The van der Waals surface area contributed by atoms with Gasteiger partial charge in [-0.3, -0.25) is 4.79 Å². The number of likely N-dealkylation sites (tertiary alicyclic amines) is 1. The van der Waals surface area contributed by atoms with Gasteiger partial charge in [-0.2, -0.15) is 4.98 Å². The second-order valence-electron chi connectivity index (χ2n) is 8.68. The summed E-state index contributed by atoms with van der Waals surface area (Å²) in [5.41, 5.74) is 0.742. The molecule has 0 bridgehead atoms. The second-order valence-corrected chi connectivity index (χ2v) is 8.68. The number of carbonyl (C=O) groups excluding carboxylic acids is 1. The van der Waals surface area contributed by atoms with Gasteiger partial charge in [0.25, 0.3) is 0 Å². The number of benzene rings is 1. The Morgan fingerprint density at radius 1 is 1.19 bits per heavy atom. The molecule has 2 aliphatic rings. The molecule has 0 saturated carbocycles. The summed E-state index contributed by atoms with van der Waals surface area (Å²) in [5.74, 6) is 1.95. The third kappa shape index (κ3) is 5.01. The van der Waals surface area contributed by atoms with Crippen molar-refractivity contribution in [2.45, 2.75) is 51.6 Å². The highest BCUT2D eigenvalue weighted by atomic mass is 16.5. The number of aromatic nitrogens is 2. The number of morpholine rings is 1. The van der Waals surface area contributed by atoms with Gasteiger partial charge in [0, 0.05) is 25.6 Å². The fourth-order valence-electron chi connectivity index (χ4n) is 4.22. The Hall–Kier alpha value is -2.61. The molecule has 4 rings (SSSR count). The average molecular weight is 429 g/mol. The summed E-state index contributed by atoms with van der Waals surface area (Å²) in [6, 6.07) is 8.34. The summed E-state index contributed by atoms with van der Waals surface area (Å²) < 4.78 is 17.2. The van der Waals surface area contributed by atoms with Crippen molar-refractivity contribution in [3.63, 3.8) is 0 Å². The summed E-state index contributed by atoms with van der Waals surface area (Å²) in [4.78, 5) is 21.4. The molecular formula is C23H32N4O4. The first-order valence-electron chi connectivity index (χ1n) is 11.2. The molecule has 168 valence electrons. The first-order valence-corrected chi connectivity index (χ1v) is 11.2. The van der Waals surface area contributed by atoms with Gasteiger partial charge in [-0.1, -0.05) is 31.1 Å². The molecule has 31 heavy (non-hydrogen) atoms. The van der Waals surface area contributed by atoms with E-state index in [1.165, 1.54) is 0 Å². The van der Waals surface area contributed by atoms with Gasteiger partial charge in [-0.15, -0.1) is 0 Å². The van der Waals surface area contributed by atoms with Crippen molar-refractivity contribution < 1.29 is 18.8 Å². The first kappa shape index (κ1) is 21.6. The van der Waals surface area contributed by atoms with E-state index in [2.05, 4.69) is 28.9 Å². The minimum Gasteiger partial charge on any atom is -0.494 e. The van der Waals surface area contributed by atoms with Crippen LogP contribution in [0.25, 0.3) is 0 Å². The first-order chi connectivity index (χ1) is 15.0. The number of amides is 1. The third-order valence-corrected chi connectivity index (χ3v) is 6.08. The van der Waals surface area contributed by atoms with Gasteiger partial charge in [-0.25, -0.2) is 0 Å². The second kappa shape index (κ2) is 9.26. The monoisotopic (exact) mass is 428 g/mol. The van der Waals surface area contributed by atoms with Gasteiger partial charge in [0.1, 0.15) is 5.75 Å². The molecular weight excluding hydrogens is 396 g/mol. The van der Waals surface area contributed by atoms with Gasteiger partial charge < -0.3 is 23.8 Å². The predicted octanol–water partition coefficient (Wildman–Crippen LogP) is 3.03. The van der Waals surface area contributed by atoms with E-state index in [-0.39, 0.29) is 17.4 Å². The minimum absolute atomic E-state index is 0.158. The van der Waals surface area contributed by atoms with Crippen LogP contribution in [0, 0.1) is 0 Å². The molecule has 8 nitrogen and oxygen atoms in total. The average Bonchev–Trinajstić information content (AvgIpc) is 3.27. The molecule has 1 amide bonds. The molecule has 0 atom stereocenters. The summed E-state index contributed by atoms with van der Waals surface area (Å²) in [7, 11) is 0. The number of ether oxygens (including phenoxy) is 2. The van der Waals surface area contributed by atoms with Crippen molar-refractivity contribution in [2.75, 3.05) is 44.3 Å². The Labute approximate surface area is 183 Å². The van der Waals surface area contributed by atoms with Crippen LogP contribution >= 0.6 is 0 Å². The SMILES string of the molecule is CCOc1ccc(CC(=O)N2CCC3(CC2)CN(c2nc(C(C)C)no2)CCO3)cc1. The number of rotatable bonds is 6. The third-order valence-electron chi connectivity index (χ3n) is 6.08. The summed E-state index contributed by atoms with van der Waals surface area (Å²) in [6.45, 7) is 10.2. The molecule has 2 aliphatic heterocycles. The number of carbonyl (C=O) groups is 1.